The van der Waals surface area contributed by atoms with Gasteiger partial charge in [0, 0.05) is 32.2 Å². The summed E-state index contributed by atoms with van der Waals surface area (Å²) in [4.78, 5) is 15.0. The van der Waals surface area contributed by atoms with Crippen molar-refractivity contribution in [2.24, 2.45) is 5.92 Å². The van der Waals surface area contributed by atoms with Crippen molar-refractivity contribution >= 4 is 15.9 Å². The Morgan fingerprint density at radius 2 is 1.87 bits per heavy atom. The molecule has 3 aliphatic rings. The number of rotatable bonds is 3. The minimum absolute atomic E-state index is 0.0210. The molecule has 1 aromatic carbocycles. The Hall–Kier alpha value is -1.84. The molecular weight excluding hydrogens is 406 g/mol. The van der Waals surface area contributed by atoms with Gasteiger partial charge in [-0.3, -0.25) is 9.69 Å². The Balaban J connectivity index is 1.47. The molecule has 2 fully saturated rings. The van der Waals surface area contributed by atoms with Gasteiger partial charge in [-0.15, -0.1) is 0 Å². The first-order chi connectivity index (χ1) is 14.4. The number of fused-ring (bicyclic) bond motifs is 2. The topological polar surface area (TPSA) is 88.2 Å². The fraction of sp³-hybridized carbons (Fsp3) is 0.667. The van der Waals surface area contributed by atoms with Crippen molar-refractivity contribution in [2.75, 3.05) is 45.6 Å². The van der Waals surface area contributed by atoms with Gasteiger partial charge in [-0.2, -0.15) is 4.31 Å². The Kier molecular flexibility index (Phi) is 6.50. The largest absolute Gasteiger partial charge is 0.486 e. The van der Waals surface area contributed by atoms with E-state index in [0.717, 1.165) is 55.8 Å². The number of benzene rings is 1. The van der Waals surface area contributed by atoms with Gasteiger partial charge in [0.25, 0.3) is 0 Å². The SMILES string of the molecule is CS(=O)(=O)N1CCCN(Cc2ccc3c(c2)OCCO3)CCNC(=O)[C@@H]2CCC[C@@H]21. The van der Waals surface area contributed by atoms with Gasteiger partial charge in [-0.25, -0.2) is 8.42 Å². The van der Waals surface area contributed by atoms with Crippen LogP contribution in [0.5, 0.6) is 11.5 Å². The Bertz CT molecular complexity index is 875. The number of nitrogens with zero attached hydrogens (tertiary/aromatic N) is 2. The van der Waals surface area contributed by atoms with E-state index >= 15 is 0 Å². The van der Waals surface area contributed by atoms with Gasteiger partial charge < -0.3 is 14.8 Å². The Morgan fingerprint density at radius 1 is 1.07 bits per heavy atom. The molecule has 2 aliphatic heterocycles. The van der Waals surface area contributed by atoms with Crippen molar-refractivity contribution in [2.45, 2.75) is 38.3 Å². The maximum absolute atomic E-state index is 12.7. The fourth-order valence-corrected chi connectivity index (χ4v) is 6.01. The van der Waals surface area contributed by atoms with Crippen molar-refractivity contribution < 1.29 is 22.7 Å². The Morgan fingerprint density at radius 3 is 2.67 bits per heavy atom. The summed E-state index contributed by atoms with van der Waals surface area (Å²) in [5, 5.41) is 3.04. The van der Waals surface area contributed by atoms with Crippen molar-refractivity contribution in [3.05, 3.63) is 23.8 Å². The molecule has 1 N–H and O–H groups in total. The highest BCUT2D eigenvalue weighted by Crippen LogP contribution is 2.33. The van der Waals surface area contributed by atoms with Crippen LogP contribution in [0.3, 0.4) is 0 Å². The van der Waals surface area contributed by atoms with Gasteiger partial charge in [-0.05, 0) is 43.5 Å². The molecule has 1 saturated carbocycles. The van der Waals surface area contributed by atoms with E-state index in [-0.39, 0.29) is 17.9 Å². The second kappa shape index (κ2) is 9.11. The lowest BCUT2D eigenvalue weighted by atomic mass is 10.0. The summed E-state index contributed by atoms with van der Waals surface area (Å²) in [6, 6.07) is 5.75. The lowest BCUT2D eigenvalue weighted by Gasteiger charge is -2.30. The van der Waals surface area contributed by atoms with Crippen LogP contribution in [-0.4, -0.2) is 75.2 Å². The molecule has 0 aromatic heterocycles. The van der Waals surface area contributed by atoms with Crippen LogP contribution in [-0.2, 0) is 21.4 Å². The molecule has 2 atom stereocenters. The summed E-state index contributed by atoms with van der Waals surface area (Å²) >= 11 is 0. The molecule has 4 rings (SSSR count). The number of hydrogen-bond donors (Lipinski definition) is 1. The van der Waals surface area contributed by atoms with Gasteiger partial charge in [0.2, 0.25) is 15.9 Å². The highest BCUT2D eigenvalue weighted by molar-refractivity contribution is 7.88. The zero-order valence-corrected chi connectivity index (χ0v) is 18.3. The van der Waals surface area contributed by atoms with E-state index in [0.29, 0.717) is 32.8 Å². The molecule has 0 spiro atoms. The van der Waals surface area contributed by atoms with Crippen molar-refractivity contribution in [3.8, 4) is 11.5 Å². The molecule has 2 heterocycles. The summed E-state index contributed by atoms with van der Waals surface area (Å²) in [6.45, 7) is 4.31. The zero-order chi connectivity index (χ0) is 21.1. The van der Waals surface area contributed by atoms with E-state index < -0.39 is 10.0 Å². The predicted octanol–water partition coefficient (Wildman–Crippen LogP) is 1.21. The predicted molar refractivity (Wildman–Crippen MR) is 113 cm³/mol. The highest BCUT2D eigenvalue weighted by atomic mass is 32.2. The first-order valence-corrected chi connectivity index (χ1v) is 12.6. The average molecular weight is 438 g/mol. The van der Waals surface area contributed by atoms with Crippen LogP contribution in [0.1, 0.15) is 31.2 Å². The third-order valence-corrected chi connectivity index (χ3v) is 7.51. The van der Waals surface area contributed by atoms with E-state index in [1.807, 2.05) is 18.2 Å². The van der Waals surface area contributed by atoms with E-state index in [1.54, 1.807) is 4.31 Å². The summed E-state index contributed by atoms with van der Waals surface area (Å²) < 4.78 is 37.7. The molecule has 0 unspecified atom stereocenters. The third-order valence-electron chi connectivity index (χ3n) is 6.21. The number of sulfonamides is 1. The first kappa shape index (κ1) is 21.4. The van der Waals surface area contributed by atoms with Gasteiger partial charge in [-0.1, -0.05) is 12.5 Å². The third kappa shape index (κ3) is 4.90. The monoisotopic (exact) mass is 437 g/mol. The molecule has 0 bridgehead atoms. The lowest BCUT2D eigenvalue weighted by Crippen LogP contribution is -2.47. The summed E-state index contributed by atoms with van der Waals surface area (Å²) in [5.74, 6) is 1.27. The highest BCUT2D eigenvalue weighted by Gasteiger charge is 2.40. The number of nitrogens with one attached hydrogen (secondary N) is 1. The lowest BCUT2D eigenvalue weighted by molar-refractivity contribution is -0.125. The second-order valence-electron chi connectivity index (χ2n) is 8.38. The van der Waals surface area contributed by atoms with Crippen molar-refractivity contribution in [3.63, 3.8) is 0 Å². The standard InChI is InChI=1S/C21H31N3O5S/c1-30(26,27)24-10-3-9-23(11-8-22-21(25)17-4-2-5-18(17)24)15-16-6-7-19-20(14-16)29-13-12-28-19/h6-7,14,17-18H,2-5,8-13,15H2,1H3,(H,22,25)/t17-,18+/m1/s1. The molecule has 1 aromatic rings. The Labute approximate surface area is 178 Å². The van der Waals surface area contributed by atoms with Crippen LogP contribution in [0.4, 0.5) is 0 Å². The zero-order valence-electron chi connectivity index (χ0n) is 17.5. The summed E-state index contributed by atoms with van der Waals surface area (Å²) in [6.07, 6.45) is 4.39. The molecule has 8 nitrogen and oxygen atoms in total. The fourth-order valence-electron chi connectivity index (χ4n) is 4.80. The molecule has 9 heteroatoms. The van der Waals surface area contributed by atoms with Crippen LogP contribution >= 0.6 is 0 Å². The number of hydrogen-bond acceptors (Lipinski definition) is 6. The quantitative estimate of drug-likeness (QED) is 0.765. The van der Waals surface area contributed by atoms with Gasteiger partial charge in [0.15, 0.2) is 11.5 Å². The number of amides is 1. The van der Waals surface area contributed by atoms with Crippen LogP contribution in [0.25, 0.3) is 0 Å². The van der Waals surface area contributed by atoms with E-state index in [4.69, 9.17) is 9.47 Å². The molecule has 1 amide bonds. The molecule has 166 valence electrons. The number of ether oxygens (including phenoxy) is 2. The van der Waals surface area contributed by atoms with E-state index in [2.05, 4.69) is 10.2 Å². The maximum Gasteiger partial charge on any atom is 0.224 e. The van der Waals surface area contributed by atoms with Crippen molar-refractivity contribution in [1.82, 2.24) is 14.5 Å². The molecule has 0 radical (unpaired) electrons. The normalized spacial score (nSPS) is 26.5. The summed E-state index contributed by atoms with van der Waals surface area (Å²) in [5.41, 5.74) is 1.11. The van der Waals surface area contributed by atoms with Gasteiger partial charge in [0.05, 0.1) is 12.2 Å². The first-order valence-electron chi connectivity index (χ1n) is 10.8. The minimum atomic E-state index is -3.37. The molecular formula is C21H31N3O5S. The number of carbonyl (C=O) groups excluding carboxylic acids is 1. The van der Waals surface area contributed by atoms with Crippen LogP contribution in [0.2, 0.25) is 0 Å². The smallest absolute Gasteiger partial charge is 0.224 e. The second-order valence-corrected chi connectivity index (χ2v) is 10.3. The molecule has 1 aliphatic carbocycles. The summed E-state index contributed by atoms with van der Waals surface area (Å²) in [7, 11) is -3.37. The molecule has 1 saturated heterocycles. The van der Waals surface area contributed by atoms with Gasteiger partial charge in [0.1, 0.15) is 13.2 Å². The molecule has 30 heavy (non-hydrogen) atoms. The average Bonchev–Trinajstić information content (AvgIpc) is 3.18. The van der Waals surface area contributed by atoms with Crippen LogP contribution in [0, 0.1) is 5.92 Å². The van der Waals surface area contributed by atoms with E-state index in [9.17, 15) is 13.2 Å². The van der Waals surface area contributed by atoms with E-state index in [1.165, 1.54) is 6.26 Å². The van der Waals surface area contributed by atoms with Crippen LogP contribution in [0.15, 0.2) is 18.2 Å². The van der Waals surface area contributed by atoms with Gasteiger partial charge >= 0.3 is 0 Å². The van der Waals surface area contributed by atoms with Crippen molar-refractivity contribution in [1.29, 1.82) is 0 Å². The number of carbonyl (C=O) groups is 1. The maximum atomic E-state index is 12.7. The minimum Gasteiger partial charge on any atom is -0.486 e. The van der Waals surface area contributed by atoms with Crippen LogP contribution < -0.4 is 14.8 Å².